The van der Waals surface area contributed by atoms with Crippen molar-refractivity contribution in [3.63, 3.8) is 0 Å². The highest BCUT2D eigenvalue weighted by molar-refractivity contribution is 5.91. The number of nitrogens with zero attached hydrogens (tertiary/aromatic N) is 1. The minimum atomic E-state index is -0.682. The Balaban J connectivity index is 2.72. The minimum Gasteiger partial charge on any atom is -0.467 e. The lowest BCUT2D eigenvalue weighted by Crippen LogP contribution is -2.52. The van der Waals surface area contributed by atoms with Crippen molar-refractivity contribution in [2.45, 2.75) is 45.2 Å². The molecule has 1 aliphatic rings. The summed E-state index contributed by atoms with van der Waals surface area (Å²) >= 11 is 0. The molecule has 2 amide bonds. The van der Waals surface area contributed by atoms with Gasteiger partial charge in [-0.25, -0.2) is 4.79 Å². The zero-order valence-corrected chi connectivity index (χ0v) is 12.9. The van der Waals surface area contributed by atoms with Gasteiger partial charge in [0.05, 0.1) is 13.7 Å². The first kappa shape index (κ1) is 17.4. The molecule has 120 valence electrons. The quantitative estimate of drug-likeness (QED) is 0.652. The van der Waals surface area contributed by atoms with Crippen molar-refractivity contribution in [3.05, 3.63) is 0 Å². The first-order valence-electron chi connectivity index (χ1n) is 7.28. The van der Waals surface area contributed by atoms with Crippen LogP contribution in [-0.2, 0) is 19.1 Å². The molecule has 1 aliphatic heterocycles. The SMILES string of the molecule is COC(=O)[C@H](CC(C)C)NC(=O)[C@@H]1CCCN1C(=O)CN. The van der Waals surface area contributed by atoms with Crippen molar-refractivity contribution in [2.24, 2.45) is 11.7 Å². The van der Waals surface area contributed by atoms with Gasteiger partial charge in [-0.3, -0.25) is 9.59 Å². The van der Waals surface area contributed by atoms with Crippen LogP contribution in [0.1, 0.15) is 33.1 Å². The van der Waals surface area contributed by atoms with Gasteiger partial charge in [0.25, 0.3) is 0 Å². The number of methoxy groups -OCH3 is 1. The Morgan fingerprint density at radius 3 is 2.57 bits per heavy atom. The molecule has 0 unspecified atom stereocenters. The van der Waals surface area contributed by atoms with Crippen LogP contribution in [0.5, 0.6) is 0 Å². The van der Waals surface area contributed by atoms with Crippen LogP contribution in [0.25, 0.3) is 0 Å². The number of carbonyl (C=O) groups excluding carboxylic acids is 3. The molecule has 21 heavy (non-hydrogen) atoms. The number of nitrogens with one attached hydrogen (secondary N) is 1. The van der Waals surface area contributed by atoms with E-state index >= 15 is 0 Å². The van der Waals surface area contributed by atoms with Gasteiger partial charge in [-0.1, -0.05) is 13.8 Å². The number of carbonyl (C=O) groups is 3. The molecule has 1 heterocycles. The van der Waals surface area contributed by atoms with Gasteiger partial charge in [0, 0.05) is 6.54 Å². The zero-order chi connectivity index (χ0) is 16.0. The maximum Gasteiger partial charge on any atom is 0.328 e. The fraction of sp³-hybridized carbons (Fsp3) is 0.786. The van der Waals surface area contributed by atoms with Crippen LogP contribution in [0.3, 0.4) is 0 Å². The first-order chi connectivity index (χ1) is 9.90. The molecule has 7 heteroatoms. The molecule has 0 aromatic rings. The van der Waals surface area contributed by atoms with E-state index in [1.807, 2.05) is 13.8 Å². The van der Waals surface area contributed by atoms with Crippen LogP contribution in [0.4, 0.5) is 0 Å². The molecule has 7 nitrogen and oxygen atoms in total. The lowest BCUT2D eigenvalue weighted by molar-refractivity contribution is -0.146. The smallest absolute Gasteiger partial charge is 0.328 e. The van der Waals surface area contributed by atoms with E-state index in [-0.39, 0.29) is 24.3 Å². The van der Waals surface area contributed by atoms with Gasteiger partial charge in [-0.2, -0.15) is 0 Å². The summed E-state index contributed by atoms with van der Waals surface area (Å²) < 4.78 is 4.72. The summed E-state index contributed by atoms with van der Waals surface area (Å²) in [5, 5.41) is 2.70. The number of hydrogen-bond acceptors (Lipinski definition) is 5. The maximum atomic E-state index is 12.3. The monoisotopic (exact) mass is 299 g/mol. The second-order valence-corrected chi connectivity index (χ2v) is 5.66. The van der Waals surface area contributed by atoms with Crippen molar-refractivity contribution in [1.29, 1.82) is 0 Å². The number of nitrogens with two attached hydrogens (primary N) is 1. The molecule has 3 N–H and O–H groups in total. The highest BCUT2D eigenvalue weighted by Crippen LogP contribution is 2.18. The van der Waals surface area contributed by atoms with Gasteiger partial charge in [0.1, 0.15) is 12.1 Å². The zero-order valence-electron chi connectivity index (χ0n) is 12.9. The van der Waals surface area contributed by atoms with E-state index in [1.165, 1.54) is 12.0 Å². The van der Waals surface area contributed by atoms with Gasteiger partial charge in [-0.15, -0.1) is 0 Å². The second-order valence-electron chi connectivity index (χ2n) is 5.66. The Labute approximate surface area is 125 Å². The number of rotatable bonds is 6. The number of amides is 2. The van der Waals surface area contributed by atoms with E-state index in [1.54, 1.807) is 0 Å². The molecule has 0 spiro atoms. The third kappa shape index (κ3) is 4.70. The van der Waals surface area contributed by atoms with Crippen LogP contribution in [-0.4, -0.2) is 55.0 Å². The second kappa shape index (κ2) is 7.97. The van der Waals surface area contributed by atoms with Gasteiger partial charge in [0.2, 0.25) is 11.8 Å². The average molecular weight is 299 g/mol. The lowest BCUT2D eigenvalue weighted by Gasteiger charge is -2.26. The van der Waals surface area contributed by atoms with Crippen molar-refractivity contribution in [2.75, 3.05) is 20.2 Å². The molecule has 1 rings (SSSR count). The van der Waals surface area contributed by atoms with Crippen LogP contribution in [0.15, 0.2) is 0 Å². The molecular formula is C14H25N3O4. The summed E-state index contributed by atoms with van der Waals surface area (Å²) in [6.45, 7) is 4.33. The molecule has 1 saturated heterocycles. The van der Waals surface area contributed by atoms with Gasteiger partial charge >= 0.3 is 5.97 Å². The third-order valence-corrected chi connectivity index (χ3v) is 3.56. The van der Waals surface area contributed by atoms with Crippen LogP contribution >= 0.6 is 0 Å². The third-order valence-electron chi connectivity index (χ3n) is 3.56. The normalized spacial score (nSPS) is 19.5. The van der Waals surface area contributed by atoms with Gasteiger partial charge < -0.3 is 20.7 Å². The summed E-state index contributed by atoms with van der Waals surface area (Å²) in [6.07, 6.45) is 1.85. The Morgan fingerprint density at radius 2 is 2.05 bits per heavy atom. The predicted octanol–water partition coefficient (Wildman–Crippen LogP) is -0.360. The number of likely N-dealkylation sites (tertiary alicyclic amines) is 1. The summed E-state index contributed by atoms with van der Waals surface area (Å²) in [7, 11) is 1.29. The minimum absolute atomic E-state index is 0.115. The summed E-state index contributed by atoms with van der Waals surface area (Å²) in [6, 6.07) is -1.22. The molecule has 0 radical (unpaired) electrons. The van der Waals surface area contributed by atoms with Crippen molar-refractivity contribution in [3.8, 4) is 0 Å². The van der Waals surface area contributed by atoms with E-state index in [9.17, 15) is 14.4 Å². The summed E-state index contributed by atoms with van der Waals surface area (Å²) in [5.41, 5.74) is 5.35. The summed E-state index contributed by atoms with van der Waals surface area (Å²) in [4.78, 5) is 37.3. The topological polar surface area (TPSA) is 102 Å². The van der Waals surface area contributed by atoms with E-state index in [4.69, 9.17) is 10.5 Å². The molecular weight excluding hydrogens is 274 g/mol. The Morgan fingerprint density at radius 1 is 1.38 bits per heavy atom. The standard InChI is InChI=1S/C14H25N3O4/c1-9(2)7-10(14(20)21-3)16-13(19)11-5-4-6-17(11)12(18)8-15/h9-11H,4-8,15H2,1-3H3,(H,16,19)/t10-,11-/m0/s1. The number of ether oxygens (including phenoxy) is 1. The largest absolute Gasteiger partial charge is 0.467 e. The molecule has 1 fully saturated rings. The molecule has 0 aromatic carbocycles. The predicted molar refractivity (Wildman–Crippen MR) is 77.2 cm³/mol. The fourth-order valence-corrected chi connectivity index (χ4v) is 2.55. The Hall–Kier alpha value is -1.63. The van der Waals surface area contributed by atoms with Crippen LogP contribution in [0, 0.1) is 5.92 Å². The van der Waals surface area contributed by atoms with E-state index in [2.05, 4.69) is 5.32 Å². The first-order valence-corrected chi connectivity index (χ1v) is 7.28. The lowest BCUT2D eigenvalue weighted by atomic mass is 10.0. The Bertz CT molecular complexity index is 398. The highest BCUT2D eigenvalue weighted by atomic mass is 16.5. The van der Waals surface area contributed by atoms with E-state index < -0.39 is 18.1 Å². The average Bonchev–Trinajstić information content (AvgIpc) is 2.93. The maximum absolute atomic E-state index is 12.3. The van der Waals surface area contributed by atoms with Crippen LogP contribution in [0.2, 0.25) is 0 Å². The van der Waals surface area contributed by atoms with Gasteiger partial charge in [-0.05, 0) is 25.2 Å². The van der Waals surface area contributed by atoms with Crippen molar-refractivity contribution >= 4 is 17.8 Å². The highest BCUT2D eigenvalue weighted by Gasteiger charge is 2.35. The Kier molecular flexibility index (Phi) is 6.61. The van der Waals surface area contributed by atoms with Crippen LogP contribution < -0.4 is 11.1 Å². The van der Waals surface area contributed by atoms with E-state index in [0.29, 0.717) is 19.4 Å². The number of esters is 1. The van der Waals surface area contributed by atoms with Gasteiger partial charge in [0.15, 0.2) is 0 Å². The van der Waals surface area contributed by atoms with Crippen molar-refractivity contribution < 1.29 is 19.1 Å². The molecule has 2 atom stereocenters. The van der Waals surface area contributed by atoms with E-state index in [0.717, 1.165) is 6.42 Å². The molecule has 0 aromatic heterocycles. The molecule has 0 aliphatic carbocycles. The molecule has 0 bridgehead atoms. The summed E-state index contributed by atoms with van der Waals surface area (Å²) in [5.74, 6) is -0.789. The number of hydrogen-bond donors (Lipinski definition) is 2. The molecule has 0 saturated carbocycles. The van der Waals surface area contributed by atoms with Crippen molar-refractivity contribution in [1.82, 2.24) is 10.2 Å². The fourth-order valence-electron chi connectivity index (χ4n) is 2.55.